The van der Waals surface area contributed by atoms with E-state index in [-0.39, 0.29) is 22.1 Å². The van der Waals surface area contributed by atoms with Gasteiger partial charge in [0.15, 0.2) is 11.6 Å². The van der Waals surface area contributed by atoms with Crippen molar-refractivity contribution in [1.29, 1.82) is 0 Å². The Morgan fingerprint density at radius 2 is 1.74 bits per heavy atom. The molecule has 2 atom stereocenters. The number of carbonyl (C=O) groups is 2. The fourth-order valence-corrected chi connectivity index (χ4v) is 3.20. The van der Waals surface area contributed by atoms with Gasteiger partial charge < -0.3 is 10.6 Å². The van der Waals surface area contributed by atoms with Gasteiger partial charge in [-0.3, -0.25) is 9.59 Å². The molecule has 0 fully saturated rings. The van der Waals surface area contributed by atoms with Crippen LogP contribution in [-0.4, -0.2) is 30.4 Å². The molecule has 0 aliphatic heterocycles. The van der Waals surface area contributed by atoms with Crippen LogP contribution in [0.15, 0.2) is 18.2 Å². The highest BCUT2D eigenvalue weighted by Crippen LogP contribution is 2.29. The second-order valence-corrected chi connectivity index (χ2v) is 7.15. The molecule has 0 heterocycles. The van der Waals surface area contributed by atoms with E-state index in [0.717, 1.165) is 12.1 Å². The normalized spacial score (nSPS) is 14.0. The number of amides is 2. The molecule has 128 valence electrons. The monoisotopic (exact) mass is 344 g/mol. The fourth-order valence-electron chi connectivity index (χ4n) is 2.21. The molecular weight excluding hydrogens is 322 g/mol. The summed E-state index contributed by atoms with van der Waals surface area (Å²) in [5.41, 5.74) is -0.129. The summed E-state index contributed by atoms with van der Waals surface area (Å²) in [6.07, 6.45) is 1.81. The SMILES string of the molecule is CNC(=O)[C@H](NC(=O)[C@@H](SC)C(C)(C)C)c1ccc(F)c(F)c1. The fraction of sp³-hybridized carbons (Fsp3) is 0.500. The summed E-state index contributed by atoms with van der Waals surface area (Å²) in [4.78, 5) is 24.6. The van der Waals surface area contributed by atoms with Crippen LogP contribution < -0.4 is 10.6 Å². The third kappa shape index (κ3) is 4.92. The number of carbonyl (C=O) groups excluding carboxylic acids is 2. The minimum atomic E-state index is -1.08. The molecule has 2 amide bonds. The van der Waals surface area contributed by atoms with E-state index in [1.807, 2.05) is 27.0 Å². The Hall–Kier alpha value is -1.63. The standard InChI is InChI=1S/C16H22F2N2O2S/c1-16(2,3)13(23-5)15(22)20-12(14(21)19-4)9-6-7-10(17)11(18)8-9/h6-8,12-13H,1-5H3,(H,19,21)(H,20,22)/t12-,13-/m1/s1. The van der Waals surface area contributed by atoms with Crippen molar-refractivity contribution >= 4 is 23.6 Å². The van der Waals surface area contributed by atoms with Gasteiger partial charge >= 0.3 is 0 Å². The van der Waals surface area contributed by atoms with Crippen molar-refractivity contribution in [3.05, 3.63) is 35.4 Å². The van der Waals surface area contributed by atoms with Crippen molar-refractivity contribution in [2.45, 2.75) is 32.1 Å². The van der Waals surface area contributed by atoms with Gasteiger partial charge in [-0.2, -0.15) is 11.8 Å². The lowest BCUT2D eigenvalue weighted by atomic mass is 9.90. The largest absolute Gasteiger partial charge is 0.357 e. The molecule has 2 N–H and O–H groups in total. The van der Waals surface area contributed by atoms with Gasteiger partial charge in [0, 0.05) is 7.05 Å². The van der Waals surface area contributed by atoms with E-state index in [4.69, 9.17) is 0 Å². The number of hydrogen-bond acceptors (Lipinski definition) is 3. The molecule has 4 nitrogen and oxygen atoms in total. The molecule has 7 heteroatoms. The van der Waals surface area contributed by atoms with Crippen molar-refractivity contribution in [2.75, 3.05) is 13.3 Å². The van der Waals surface area contributed by atoms with E-state index >= 15 is 0 Å². The molecule has 0 radical (unpaired) electrons. The van der Waals surface area contributed by atoms with Crippen LogP contribution in [0.1, 0.15) is 32.4 Å². The van der Waals surface area contributed by atoms with E-state index in [2.05, 4.69) is 10.6 Å². The summed E-state index contributed by atoms with van der Waals surface area (Å²) in [5, 5.41) is 4.66. The molecule has 0 saturated heterocycles. The minimum absolute atomic E-state index is 0.186. The van der Waals surface area contributed by atoms with E-state index in [0.29, 0.717) is 0 Å². The molecule has 23 heavy (non-hydrogen) atoms. The summed E-state index contributed by atoms with van der Waals surface area (Å²) in [6, 6.07) is 2.05. The van der Waals surface area contributed by atoms with Crippen molar-refractivity contribution in [2.24, 2.45) is 5.41 Å². The number of thioether (sulfide) groups is 1. The summed E-state index contributed by atoms with van der Waals surface area (Å²) < 4.78 is 26.5. The molecule has 0 bridgehead atoms. The van der Waals surface area contributed by atoms with Gasteiger partial charge in [-0.05, 0) is 29.4 Å². The Bertz CT molecular complexity index is 588. The van der Waals surface area contributed by atoms with Gasteiger partial charge in [0.05, 0.1) is 5.25 Å². The highest BCUT2D eigenvalue weighted by atomic mass is 32.2. The Labute approximate surface area is 139 Å². The van der Waals surface area contributed by atoms with Crippen molar-refractivity contribution in [3.8, 4) is 0 Å². The highest BCUT2D eigenvalue weighted by Gasteiger charge is 2.33. The zero-order valence-corrected chi connectivity index (χ0v) is 14.7. The molecule has 0 unspecified atom stereocenters. The third-order valence-electron chi connectivity index (χ3n) is 3.33. The van der Waals surface area contributed by atoms with Crippen LogP contribution in [0.25, 0.3) is 0 Å². The summed E-state index contributed by atoms with van der Waals surface area (Å²) in [7, 11) is 1.41. The highest BCUT2D eigenvalue weighted by molar-refractivity contribution is 8.00. The molecule has 0 spiro atoms. The van der Waals surface area contributed by atoms with Crippen LogP contribution in [0.5, 0.6) is 0 Å². The van der Waals surface area contributed by atoms with Gasteiger partial charge in [-0.15, -0.1) is 0 Å². The summed E-state index contributed by atoms with van der Waals surface area (Å²) in [5.74, 6) is -2.91. The minimum Gasteiger partial charge on any atom is -0.357 e. The lowest BCUT2D eigenvalue weighted by Gasteiger charge is -2.29. The zero-order valence-electron chi connectivity index (χ0n) is 13.9. The number of rotatable bonds is 5. The summed E-state index contributed by atoms with van der Waals surface area (Å²) >= 11 is 1.37. The first-order valence-corrected chi connectivity index (χ1v) is 8.40. The average molecular weight is 344 g/mol. The van der Waals surface area contributed by atoms with Gasteiger partial charge in [-0.1, -0.05) is 26.8 Å². The second-order valence-electron chi connectivity index (χ2n) is 6.21. The first-order chi connectivity index (χ1) is 10.6. The number of halogens is 2. The predicted molar refractivity (Wildman–Crippen MR) is 88.1 cm³/mol. The van der Waals surface area contributed by atoms with Crippen LogP contribution in [0.4, 0.5) is 8.78 Å². The van der Waals surface area contributed by atoms with E-state index in [1.54, 1.807) is 0 Å². The van der Waals surface area contributed by atoms with Gasteiger partial charge in [-0.25, -0.2) is 8.78 Å². The van der Waals surface area contributed by atoms with Crippen LogP contribution in [0, 0.1) is 17.0 Å². The molecular formula is C16H22F2N2O2S. The molecule has 0 aromatic heterocycles. The molecule has 1 aromatic rings. The first-order valence-electron chi connectivity index (χ1n) is 7.11. The third-order valence-corrected chi connectivity index (χ3v) is 4.73. The molecule has 0 saturated carbocycles. The Morgan fingerprint density at radius 1 is 1.13 bits per heavy atom. The second kappa shape index (κ2) is 7.77. The maximum Gasteiger partial charge on any atom is 0.246 e. The molecule has 0 aliphatic carbocycles. The molecule has 1 rings (SSSR count). The Balaban J connectivity index is 3.11. The van der Waals surface area contributed by atoms with Crippen LogP contribution >= 0.6 is 11.8 Å². The number of hydrogen-bond donors (Lipinski definition) is 2. The van der Waals surface area contributed by atoms with E-state index < -0.39 is 23.6 Å². The van der Waals surface area contributed by atoms with Crippen molar-refractivity contribution in [3.63, 3.8) is 0 Å². The smallest absolute Gasteiger partial charge is 0.246 e. The maximum absolute atomic E-state index is 13.4. The Kier molecular flexibility index (Phi) is 6.56. The van der Waals surface area contributed by atoms with Gasteiger partial charge in [0.1, 0.15) is 6.04 Å². The lowest BCUT2D eigenvalue weighted by Crippen LogP contribution is -2.46. The molecule has 0 aliphatic rings. The number of nitrogens with one attached hydrogen (secondary N) is 2. The predicted octanol–water partition coefficient (Wildman–Crippen LogP) is 2.65. The quantitative estimate of drug-likeness (QED) is 0.863. The maximum atomic E-state index is 13.4. The molecule has 1 aromatic carbocycles. The van der Waals surface area contributed by atoms with Crippen LogP contribution in [0.2, 0.25) is 0 Å². The van der Waals surface area contributed by atoms with E-state index in [9.17, 15) is 18.4 Å². The van der Waals surface area contributed by atoms with E-state index in [1.165, 1.54) is 24.9 Å². The number of benzene rings is 1. The number of likely N-dealkylation sites (N-methyl/N-ethyl adjacent to an activating group) is 1. The van der Waals surface area contributed by atoms with Crippen LogP contribution in [0.3, 0.4) is 0 Å². The van der Waals surface area contributed by atoms with Crippen molar-refractivity contribution < 1.29 is 18.4 Å². The first kappa shape index (κ1) is 19.4. The topological polar surface area (TPSA) is 58.2 Å². The summed E-state index contributed by atoms with van der Waals surface area (Å²) in [6.45, 7) is 5.75. The average Bonchev–Trinajstić information content (AvgIpc) is 2.46. The van der Waals surface area contributed by atoms with Gasteiger partial charge in [0.2, 0.25) is 11.8 Å². The van der Waals surface area contributed by atoms with Crippen LogP contribution in [-0.2, 0) is 9.59 Å². The van der Waals surface area contributed by atoms with Gasteiger partial charge in [0.25, 0.3) is 0 Å². The lowest BCUT2D eigenvalue weighted by molar-refractivity contribution is -0.129. The van der Waals surface area contributed by atoms with Crippen molar-refractivity contribution in [1.82, 2.24) is 10.6 Å². The zero-order chi connectivity index (χ0) is 17.8. The Morgan fingerprint density at radius 3 is 2.17 bits per heavy atom.